The predicted molar refractivity (Wildman–Crippen MR) is 76.2 cm³/mol. The monoisotopic (exact) mass is 317 g/mol. The Morgan fingerprint density at radius 1 is 1.41 bits per heavy atom. The van der Waals surface area contributed by atoms with Crippen molar-refractivity contribution in [3.63, 3.8) is 0 Å². The average molecular weight is 318 g/mol. The van der Waals surface area contributed by atoms with E-state index in [1.807, 2.05) is 39.0 Å². The van der Waals surface area contributed by atoms with Gasteiger partial charge in [-0.3, -0.25) is 0 Å². The summed E-state index contributed by atoms with van der Waals surface area (Å²) in [4.78, 5) is 0. The fraction of sp³-hybridized carbons (Fsp3) is 0.417. The standard InChI is InChI=1S/C12H16BrNO2S/c1-12(2,3)17(15)14-8-9-5-6-10(16-4)7-11(9)13/h5-8H,1-4H3. The molecule has 0 spiro atoms. The van der Waals surface area contributed by atoms with Crippen LogP contribution in [0.2, 0.25) is 0 Å². The maximum Gasteiger partial charge on any atom is 0.144 e. The Balaban J connectivity index is 2.85. The van der Waals surface area contributed by atoms with Gasteiger partial charge in [-0.25, -0.2) is 0 Å². The van der Waals surface area contributed by atoms with Crippen LogP contribution in [0.25, 0.3) is 0 Å². The molecule has 1 unspecified atom stereocenters. The smallest absolute Gasteiger partial charge is 0.144 e. The van der Waals surface area contributed by atoms with Crippen LogP contribution in [0.3, 0.4) is 0 Å². The lowest BCUT2D eigenvalue weighted by Crippen LogP contribution is -2.25. The second-order valence-corrected chi connectivity index (χ2v) is 7.27. The second kappa shape index (κ2) is 5.89. The summed E-state index contributed by atoms with van der Waals surface area (Å²) in [6, 6.07) is 5.56. The number of benzene rings is 1. The van der Waals surface area contributed by atoms with Crippen LogP contribution in [-0.4, -0.2) is 22.6 Å². The van der Waals surface area contributed by atoms with Crippen LogP contribution >= 0.6 is 15.9 Å². The Hall–Kier alpha value is -0.520. The molecule has 1 aromatic carbocycles. The first-order chi connectivity index (χ1) is 7.84. The lowest BCUT2D eigenvalue weighted by molar-refractivity contribution is 0.414. The zero-order valence-electron chi connectivity index (χ0n) is 10.4. The summed E-state index contributed by atoms with van der Waals surface area (Å²) in [5.41, 5.74) is 0.878. The Morgan fingerprint density at radius 2 is 2.06 bits per heavy atom. The fourth-order valence-corrected chi connectivity index (χ4v) is 1.99. The van der Waals surface area contributed by atoms with E-state index in [9.17, 15) is 4.55 Å². The molecular weight excluding hydrogens is 302 g/mol. The molecule has 1 atom stereocenters. The minimum atomic E-state index is -1.24. The molecule has 0 aliphatic heterocycles. The van der Waals surface area contributed by atoms with Gasteiger partial charge in [0.2, 0.25) is 0 Å². The van der Waals surface area contributed by atoms with Crippen molar-refractivity contribution < 1.29 is 9.29 Å². The molecule has 17 heavy (non-hydrogen) atoms. The molecule has 0 aliphatic carbocycles. The van der Waals surface area contributed by atoms with Crippen LogP contribution in [0.15, 0.2) is 27.1 Å². The molecule has 0 fully saturated rings. The first kappa shape index (κ1) is 14.5. The van der Waals surface area contributed by atoms with Crippen LogP contribution in [0, 0.1) is 0 Å². The Morgan fingerprint density at radius 3 is 2.53 bits per heavy atom. The summed E-state index contributed by atoms with van der Waals surface area (Å²) in [5, 5.41) is 0. The van der Waals surface area contributed by atoms with E-state index in [0.29, 0.717) is 0 Å². The SMILES string of the molecule is COc1ccc(C=N[S+]([O-])C(C)(C)C)c(Br)c1. The van der Waals surface area contributed by atoms with Crippen molar-refractivity contribution in [2.45, 2.75) is 25.5 Å². The van der Waals surface area contributed by atoms with Crippen LogP contribution < -0.4 is 4.74 Å². The van der Waals surface area contributed by atoms with Crippen LogP contribution in [0.5, 0.6) is 5.75 Å². The summed E-state index contributed by atoms with van der Waals surface area (Å²) < 4.78 is 21.4. The molecule has 0 saturated heterocycles. The molecule has 5 heteroatoms. The van der Waals surface area contributed by atoms with E-state index in [1.54, 1.807) is 13.3 Å². The first-order valence-electron chi connectivity index (χ1n) is 5.14. The van der Waals surface area contributed by atoms with E-state index in [2.05, 4.69) is 20.3 Å². The molecule has 0 amide bonds. The van der Waals surface area contributed by atoms with Gasteiger partial charge in [0.15, 0.2) is 0 Å². The maximum absolute atomic E-state index is 11.7. The number of nitrogens with zero attached hydrogens (tertiary/aromatic N) is 1. The summed E-state index contributed by atoms with van der Waals surface area (Å²) in [5.74, 6) is 0.769. The topological polar surface area (TPSA) is 44.6 Å². The lowest BCUT2D eigenvalue weighted by atomic mass is 10.2. The summed E-state index contributed by atoms with van der Waals surface area (Å²) in [7, 11) is 1.62. The number of hydrogen-bond acceptors (Lipinski definition) is 3. The first-order valence-corrected chi connectivity index (χ1v) is 7.04. The highest BCUT2D eigenvalue weighted by molar-refractivity contribution is 9.10. The molecule has 0 heterocycles. The van der Waals surface area contributed by atoms with E-state index >= 15 is 0 Å². The number of rotatable bonds is 3. The number of ether oxygens (including phenoxy) is 1. The van der Waals surface area contributed by atoms with E-state index in [1.165, 1.54) is 0 Å². The van der Waals surface area contributed by atoms with Crippen molar-refractivity contribution in [1.29, 1.82) is 0 Å². The number of methoxy groups -OCH3 is 1. The van der Waals surface area contributed by atoms with Crippen molar-refractivity contribution in [1.82, 2.24) is 0 Å². The van der Waals surface area contributed by atoms with Gasteiger partial charge in [0.1, 0.15) is 21.9 Å². The Bertz CT molecular complexity index is 415. The van der Waals surface area contributed by atoms with Crippen molar-refractivity contribution >= 4 is 33.5 Å². The molecule has 0 radical (unpaired) electrons. The second-order valence-electron chi connectivity index (χ2n) is 4.48. The van der Waals surface area contributed by atoms with Gasteiger partial charge in [0.05, 0.1) is 13.3 Å². The zero-order chi connectivity index (χ0) is 13.1. The third-order valence-electron chi connectivity index (χ3n) is 2.02. The van der Waals surface area contributed by atoms with E-state index in [-0.39, 0.29) is 4.75 Å². The van der Waals surface area contributed by atoms with Gasteiger partial charge in [0.25, 0.3) is 0 Å². The molecule has 94 valence electrons. The summed E-state index contributed by atoms with van der Waals surface area (Å²) in [6.07, 6.45) is 1.62. The van der Waals surface area contributed by atoms with Crippen LogP contribution in [0.1, 0.15) is 26.3 Å². The van der Waals surface area contributed by atoms with Crippen molar-refractivity contribution in [3.05, 3.63) is 28.2 Å². The van der Waals surface area contributed by atoms with Crippen LogP contribution in [0.4, 0.5) is 0 Å². The third kappa shape index (κ3) is 4.33. The van der Waals surface area contributed by atoms with Gasteiger partial charge in [0, 0.05) is 10.0 Å². The molecule has 0 N–H and O–H groups in total. The van der Waals surface area contributed by atoms with Gasteiger partial charge in [-0.15, -0.1) is 0 Å². The maximum atomic E-state index is 11.7. The molecule has 0 bridgehead atoms. The molecule has 0 saturated carbocycles. The van der Waals surface area contributed by atoms with Gasteiger partial charge in [-0.1, -0.05) is 4.40 Å². The highest BCUT2D eigenvalue weighted by atomic mass is 79.9. The van der Waals surface area contributed by atoms with Gasteiger partial charge >= 0.3 is 0 Å². The highest BCUT2D eigenvalue weighted by Gasteiger charge is 2.25. The Kier molecular flexibility index (Phi) is 5.04. The third-order valence-corrected chi connectivity index (χ3v) is 4.05. The molecule has 0 aromatic heterocycles. The molecule has 1 rings (SSSR count). The normalized spacial score (nSPS) is 14.0. The van der Waals surface area contributed by atoms with Gasteiger partial charge < -0.3 is 9.29 Å². The van der Waals surface area contributed by atoms with Crippen molar-refractivity contribution in [2.75, 3.05) is 7.11 Å². The summed E-state index contributed by atoms with van der Waals surface area (Å²) in [6.45, 7) is 5.68. The fourth-order valence-electron chi connectivity index (χ4n) is 1.00. The average Bonchev–Trinajstić information content (AvgIpc) is 2.25. The summed E-state index contributed by atoms with van der Waals surface area (Å²) >= 11 is 2.18. The largest absolute Gasteiger partial charge is 0.591 e. The predicted octanol–water partition coefficient (Wildman–Crippen LogP) is 3.34. The highest BCUT2D eigenvalue weighted by Crippen LogP contribution is 2.22. The molecule has 0 aliphatic rings. The van der Waals surface area contributed by atoms with Crippen molar-refractivity contribution in [3.8, 4) is 5.75 Å². The van der Waals surface area contributed by atoms with E-state index < -0.39 is 11.4 Å². The molecular formula is C12H16BrNO2S. The zero-order valence-corrected chi connectivity index (χ0v) is 12.8. The van der Waals surface area contributed by atoms with Crippen molar-refractivity contribution in [2.24, 2.45) is 4.40 Å². The number of halogens is 1. The minimum absolute atomic E-state index is 0.338. The Labute approximate surface area is 114 Å². The van der Waals surface area contributed by atoms with E-state index in [4.69, 9.17) is 4.74 Å². The minimum Gasteiger partial charge on any atom is -0.591 e. The van der Waals surface area contributed by atoms with Gasteiger partial charge in [-0.05, 0) is 54.9 Å². The van der Waals surface area contributed by atoms with E-state index in [0.717, 1.165) is 15.8 Å². The lowest BCUT2D eigenvalue weighted by Gasteiger charge is -2.17. The quantitative estimate of drug-likeness (QED) is 0.634. The van der Waals surface area contributed by atoms with Gasteiger partial charge in [-0.2, -0.15) is 0 Å². The molecule has 1 aromatic rings. The van der Waals surface area contributed by atoms with Crippen LogP contribution in [-0.2, 0) is 11.4 Å². The number of hydrogen-bond donors (Lipinski definition) is 0. The molecule has 3 nitrogen and oxygen atoms in total.